The molecule has 0 aromatic carbocycles. The molecule has 1 unspecified atom stereocenters. The summed E-state index contributed by atoms with van der Waals surface area (Å²) >= 11 is 0. The third-order valence-electron chi connectivity index (χ3n) is 16.5. The van der Waals surface area contributed by atoms with Gasteiger partial charge in [0.25, 0.3) is 0 Å². The van der Waals surface area contributed by atoms with Gasteiger partial charge < -0.3 is 60.5 Å². The van der Waals surface area contributed by atoms with Crippen LogP contribution in [0.4, 0.5) is 0 Å². The fourth-order valence-electron chi connectivity index (χ4n) is 11.2. The molecule has 1 fully saturated rings. The zero-order valence-electron chi connectivity index (χ0n) is 57.2. The lowest BCUT2D eigenvalue weighted by molar-refractivity contribution is -0.157. The van der Waals surface area contributed by atoms with Crippen molar-refractivity contribution in [2.75, 3.05) is 55.9 Å². The highest BCUT2D eigenvalue weighted by Gasteiger charge is 2.46. The molecule has 13 atom stereocenters. The van der Waals surface area contributed by atoms with Crippen LogP contribution in [0.5, 0.6) is 0 Å². The van der Waals surface area contributed by atoms with E-state index >= 15 is 14.4 Å². The minimum Gasteiger partial charge on any atom is -0.390 e. The highest BCUT2D eigenvalue weighted by Crippen LogP contribution is 2.26. The van der Waals surface area contributed by atoms with Gasteiger partial charge in [-0.05, 0) is 101 Å². The number of aliphatic hydroxyl groups excluding tert-OH is 2. The van der Waals surface area contributed by atoms with E-state index in [-0.39, 0.29) is 67.8 Å². The Balaban J connectivity index is 4.39. The van der Waals surface area contributed by atoms with Gasteiger partial charge in [0.2, 0.25) is 59.1 Å². The molecule has 0 spiro atoms. The third-order valence-corrected chi connectivity index (χ3v) is 16.5. The summed E-state index contributed by atoms with van der Waals surface area (Å²) in [6.07, 6.45) is 2.22. The molecule has 0 saturated carbocycles. The maximum absolute atomic E-state index is 15.2. The molecular formula is C64H115N11O12. The van der Waals surface area contributed by atoms with Crippen LogP contribution in [0.3, 0.4) is 0 Å². The van der Waals surface area contributed by atoms with Crippen LogP contribution in [0.25, 0.3) is 0 Å². The summed E-state index contributed by atoms with van der Waals surface area (Å²) in [6.45, 7) is 32.0. The Hall–Kier alpha value is -5.94. The van der Waals surface area contributed by atoms with Crippen molar-refractivity contribution in [3.8, 4) is 0 Å². The van der Waals surface area contributed by atoms with Crippen LogP contribution in [0.1, 0.15) is 162 Å². The summed E-state index contributed by atoms with van der Waals surface area (Å²) in [5, 5.41) is 35.4. The van der Waals surface area contributed by atoms with Gasteiger partial charge in [-0.2, -0.15) is 0 Å². The van der Waals surface area contributed by atoms with Crippen molar-refractivity contribution >= 4 is 59.1 Å². The molecule has 0 bridgehead atoms. The molecule has 1 saturated heterocycles. The van der Waals surface area contributed by atoms with Gasteiger partial charge in [0, 0.05) is 49.3 Å². The molecule has 1 heterocycles. The number of aliphatic hydroxyl groups is 2. The molecule has 498 valence electrons. The lowest BCUT2D eigenvalue weighted by Gasteiger charge is -2.41. The second kappa shape index (κ2) is 36.5. The van der Waals surface area contributed by atoms with Gasteiger partial charge in [0.05, 0.1) is 18.7 Å². The summed E-state index contributed by atoms with van der Waals surface area (Å²) in [5.74, 6) is -8.42. The fraction of sp³-hybridized carbons (Fsp3) is 0.781. The van der Waals surface area contributed by atoms with E-state index in [9.17, 15) is 43.8 Å². The second-order valence-electron chi connectivity index (χ2n) is 26.4. The standard InChI is InChI=1S/C64H115N11O12/c1-25-28-30-42(16)54(77)53-58(81)66-44(27-3)60(83)69(18)35-50(76)70(19)46(29-26-2)56(79)68-51(40(12)13)63(86)71(20)47(32-37(6)7)57(80)67-45(31-36(4)5)55(78)65-43(17)59(82)72(21)48(33-38(8)9)61(84)73(22)49(34-39(10)11)62(85)74(23)52(41(14)15)64(87)75(53)24/h25,28,36-39,41-49,51-54,56,68,77,79H,12,26-27,29-35H2,1-11,13-24H3,(H,65,78)(H,66,81)(H,67,80)/b28-25+/t42-,43-,44+,45+,46+,47+,48+,49-,51+,52+,53+,54-,56?/m1/s1. The number of hydrogen-bond donors (Lipinski definition) is 6. The molecular weight excluding hydrogens is 1110 g/mol. The van der Waals surface area contributed by atoms with Crippen molar-refractivity contribution in [1.29, 1.82) is 0 Å². The predicted molar refractivity (Wildman–Crippen MR) is 339 cm³/mol. The lowest BCUT2D eigenvalue weighted by atomic mass is 9.91. The molecule has 0 radical (unpaired) electrons. The van der Waals surface area contributed by atoms with Crippen LogP contribution >= 0.6 is 0 Å². The normalized spacial score (nSPS) is 27.4. The highest BCUT2D eigenvalue weighted by molar-refractivity contribution is 5.99. The number of hydrogen-bond acceptors (Lipinski definition) is 13. The van der Waals surface area contributed by atoms with E-state index in [2.05, 4.69) is 27.8 Å². The Morgan fingerprint density at radius 2 is 1.03 bits per heavy atom. The first-order chi connectivity index (χ1) is 40.2. The fourth-order valence-corrected chi connectivity index (χ4v) is 11.2. The predicted octanol–water partition coefficient (Wildman–Crippen LogP) is 3.76. The summed E-state index contributed by atoms with van der Waals surface area (Å²) in [6, 6.07) is -12.2. The van der Waals surface area contributed by atoms with Gasteiger partial charge in [0.1, 0.15) is 60.6 Å². The number of carbonyl (C=O) groups excluding carboxylic acids is 10. The van der Waals surface area contributed by atoms with Crippen LogP contribution in [-0.4, -0.2) is 232 Å². The quantitative estimate of drug-likeness (QED) is 0.113. The highest BCUT2D eigenvalue weighted by atomic mass is 16.3. The Morgan fingerprint density at radius 3 is 1.49 bits per heavy atom. The first-order valence-corrected chi connectivity index (χ1v) is 31.4. The summed E-state index contributed by atoms with van der Waals surface area (Å²) < 4.78 is 0. The minimum absolute atomic E-state index is 0.0307. The van der Waals surface area contributed by atoms with Gasteiger partial charge in [-0.3, -0.25) is 53.3 Å². The first-order valence-electron chi connectivity index (χ1n) is 31.4. The molecule has 1 rings (SSSR count). The van der Waals surface area contributed by atoms with Crippen molar-refractivity contribution in [3.05, 3.63) is 24.3 Å². The number of nitrogens with one attached hydrogen (secondary N) is 4. The van der Waals surface area contributed by atoms with E-state index in [0.717, 1.165) is 9.80 Å². The topological polar surface area (TPSA) is 282 Å². The SMILES string of the molecule is C=C(C)[C@@H]1NC(O)[C@H](CCC)N(C)C(=O)CN(C)C(=O)[C@H](CC)NC(=O)[C@H]([C@H](O)[C@H](C)C/C=C/C)N(C)C(=O)[C@H](C(C)C)N(C)C(=O)[C@@H](CC(C)C)N(C)C(=O)[C@H](CC(C)C)N(C)C(=O)[C@@H](C)NC(=O)[C@H](CC(C)C)NC(=O)[C@H](CC(C)C)N(C)C1=O. The van der Waals surface area contributed by atoms with Crippen molar-refractivity contribution in [2.24, 2.45) is 35.5 Å². The van der Waals surface area contributed by atoms with Crippen LogP contribution in [0, 0.1) is 35.5 Å². The van der Waals surface area contributed by atoms with Crippen LogP contribution < -0.4 is 21.3 Å². The van der Waals surface area contributed by atoms with E-state index in [1.807, 2.05) is 68.4 Å². The molecule has 0 aromatic rings. The molecule has 0 aliphatic carbocycles. The van der Waals surface area contributed by atoms with Crippen molar-refractivity contribution < 1.29 is 58.2 Å². The second-order valence-corrected chi connectivity index (χ2v) is 26.4. The van der Waals surface area contributed by atoms with E-state index in [0.29, 0.717) is 12.8 Å². The van der Waals surface area contributed by atoms with Crippen LogP contribution in [0.2, 0.25) is 0 Å². The van der Waals surface area contributed by atoms with Crippen LogP contribution in [-0.2, 0) is 47.9 Å². The molecule has 23 nitrogen and oxygen atoms in total. The zero-order chi connectivity index (χ0) is 67.4. The number of rotatable bonds is 17. The summed E-state index contributed by atoms with van der Waals surface area (Å²) in [7, 11) is 10.0. The van der Waals surface area contributed by atoms with Gasteiger partial charge in [0.15, 0.2) is 0 Å². The first kappa shape index (κ1) is 79.1. The smallest absolute Gasteiger partial charge is 0.246 e. The Labute approximate surface area is 521 Å². The summed E-state index contributed by atoms with van der Waals surface area (Å²) in [5.41, 5.74) is 0.280. The molecule has 1 aliphatic heterocycles. The van der Waals surface area contributed by atoms with E-state index < -0.39 is 150 Å². The van der Waals surface area contributed by atoms with Gasteiger partial charge >= 0.3 is 0 Å². The largest absolute Gasteiger partial charge is 0.390 e. The van der Waals surface area contributed by atoms with Crippen molar-refractivity contribution in [2.45, 2.75) is 235 Å². The number of allylic oxidation sites excluding steroid dienone is 2. The number of likely N-dealkylation sites (N-methyl/N-ethyl adjacent to an activating group) is 7. The maximum Gasteiger partial charge on any atom is 0.246 e. The van der Waals surface area contributed by atoms with E-state index in [1.54, 1.807) is 47.6 Å². The monoisotopic (exact) mass is 1230 g/mol. The summed E-state index contributed by atoms with van der Waals surface area (Å²) in [4.78, 5) is 156. The zero-order valence-corrected chi connectivity index (χ0v) is 57.2. The Bertz CT molecular complexity index is 2360. The van der Waals surface area contributed by atoms with Gasteiger partial charge in [-0.15, -0.1) is 0 Å². The number of nitrogens with zero attached hydrogens (tertiary/aromatic N) is 7. The third kappa shape index (κ3) is 22.6. The van der Waals surface area contributed by atoms with E-state index in [1.165, 1.54) is 80.8 Å². The molecule has 87 heavy (non-hydrogen) atoms. The Kier molecular flexibility index (Phi) is 33.2. The minimum atomic E-state index is -1.61. The van der Waals surface area contributed by atoms with Crippen molar-refractivity contribution in [3.63, 3.8) is 0 Å². The molecule has 1 aliphatic rings. The lowest BCUT2D eigenvalue weighted by Crippen LogP contribution is -2.63. The molecule has 23 heteroatoms. The Morgan fingerprint density at radius 1 is 0.575 bits per heavy atom. The van der Waals surface area contributed by atoms with Crippen molar-refractivity contribution in [1.82, 2.24) is 55.6 Å². The number of amides is 10. The van der Waals surface area contributed by atoms with Crippen LogP contribution in [0.15, 0.2) is 24.3 Å². The molecule has 10 amide bonds. The average Bonchev–Trinajstić information content (AvgIpc) is 1.58. The number of carbonyl (C=O) groups is 10. The van der Waals surface area contributed by atoms with E-state index in [4.69, 9.17) is 0 Å². The molecule has 6 N–H and O–H groups in total. The van der Waals surface area contributed by atoms with Gasteiger partial charge in [-0.25, -0.2) is 0 Å². The average molecular weight is 1230 g/mol. The van der Waals surface area contributed by atoms with Gasteiger partial charge in [-0.1, -0.05) is 121 Å². The maximum atomic E-state index is 15.2. The molecule has 0 aromatic heterocycles.